The zero-order valence-corrected chi connectivity index (χ0v) is 20.3. The minimum atomic E-state index is -0.444. The fourth-order valence-corrected chi connectivity index (χ4v) is 5.03. The molecule has 3 aromatic rings. The van der Waals surface area contributed by atoms with Gasteiger partial charge in [0.2, 0.25) is 0 Å². The summed E-state index contributed by atoms with van der Waals surface area (Å²) in [5.74, 6) is -0.341. The lowest BCUT2D eigenvalue weighted by Crippen LogP contribution is -2.49. The van der Waals surface area contributed by atoms with E-state index in [1.54, 1.807) is 17.0 Å². The van der Waals surface area contributed by atoms with E-state index in [4.69, 9.17) is 4.74 Å². The number of ether oxygens (including phenoxy) is 1. The van der Waals surface area contributed by atoms with Gasteiger partial charge in [0.05, 0.1) is 10.6 Å². The highest BCUT2D eigenvalue weighted by Gasteiger charge is 2.35. The molecular weight excluding hydrogens is 472 g/mol. The largest absolute Gasteiger partial charge is 0.444 e. The van der Waals surface area contributed by atoms with Crippen LogP contribution >= 0.6 is 0 Å². The summed E-state index contributed by atoms with van der Waals surface area (Å²) in [6, 6.07) is 22.1. The average Bonchev–Trinajstić information content (AvgIpc) is 2.93. The summed E-state index contributed by atoms with van der Waals surface area (Å²) < 4.78 is 5.37. The van der Waals surface area contributed by atoms with E-state index in [-0.39, 0.29) is 35.9 Å². The Morgan fingerprint density at radius 2 is 1.73 bits per heavy atom. The quantitative estimate of drug-likeness (QED) is 0.373. The Labute approximate surface area is 214 Å². The van der Waals surface area contributed by atoms with Crippen LogP contribution in [0, 0.1) is 10.1 Å². The molecule has 0 atom stereocenters. The normalized spacial score (nSPS) is 15.6. The van der Waals surface area contributed by atoms with Gasteiger partial charge in [-0.3, -0.25) is 19.8 Å². The van der Waals surface area contributed by atoms with Gasteiger partial charge in [-0.15, -0.1) is 0 Å². The molecule has 1 fully saturated rings. The van der Waals surface area contributed by atoms with Crippen molar-refractivity contribution in [2.24, 2.45) is 0 Å². The first-order valence-electron chi connectivity index (χ1n) is 12.4. The van der Waals surface area contributed by atoms with E-state index in [2.05, 4.69) is 5.32 Å². The average molecular weight is 501 g/mol. The van der Waals surface area contributed by atoms with Crippen molar-refractivity contribution in [1.29, 1.82) is 0 Å². The fourth-order valence-electron chi connectivity index (χ4n) is 5.03. The van der Waals surface area contributed by atoms with Crippen LogP contribution < -0.4 is 15.1 Å². The molecule has 9 nitrogen and oxygen atoms in total. The Kier molecular flexibility index (Phi) is 7.02. The summed E-state index contributed by atoms with van der Waals surface area (Å²) in [4.78, 5) is 40.4. The molecule has 0 bridgehead atoms. The van der Waals surface area contributed by atoms with E-state index in [9.17, 15) is 19.7 Å². The molecule has 0 unspecified atom stereocenters. The lowest BCUT2D eigenvalue weighted by molar-refractivity contribution is -0.384. The van der Waals surface area contributed by atoms with Gasteiger partial charge in [-0.2, -0.15) is 0 Å². The molecule has 1 N–H and O–H groups in total. The number of cyclic esters (lactones) is 1. The number of carbonyl (C=O) groups is 2. The number of amides is 2. The van der Waals surface area contributed by atoms with Crippen molar-refractivity contribution in [3.63, 3.8) is 0 Å². The first kappa shape index (κ1) is 24.3. The summed E-state index contributed by atoms with van der Waals surface area (Å²) in [7, 11) is 0. The lowest BCUT2D eigenvalue weighted by Gasteiger charge is -2.40. The fraction of sp³-hybridized carbons (Fsp3) is 0.286. The maximum absolute atomic E-state index is 12.7. The molecular formula is C28H28N4O5. The number of piperidine rings is 1. The number of rotatable bonds is 7. The molecule has 2 heterocycles. The number of fused-ring (bicyclic) bond motifs is 1. The number of benzene rings is 3. The van der Waals surface area contributed by atoms with Crippen molar-refractivity contribution in [3.05, 3.63) is 99.6 Å². The van der Waals surface area contributed by atoms with Crippen molar-refractivity contribution in [2.45, 2.75) is 31.9 Å². The van der Waals surface area contributed by atoms with Crippen LogP contribution in [0.1, 0.15) is 34.3 Å². The Morgan fingerprint density at radius 1 is 1.00 bits per heavy atom. The van der Waals surface area contributed by atoms with Crippen LogP contribution in [0.5, 0.6) is 0 Å². The Hall–Kier alpha value is -4.40. The van der Waals surface area contributed by atoms with Crippen molar-refractivity contribution < 1.29 is 19.2 Å². The molecule has 0 aliphatic carbocycles. The molecule has 37 heavy (non-hydrogen) atoms. The number of anilines is 2. The van der Waals surface area contributed by atoms with Crippen LogP contribution in [-0.2, 0) is 17.8 Å². The highest BCUT2D eigenvalue weighted by molar-refractivity contribution is 5.96. The third-order valence-corrected chi connectivity index (χ3v) is 6.95. The number of nitrogens with zero attached hydrogens (tertiary/aromatic N) is 3. The third kappa shape index (κ3) is 5.25. The first-order valence-corrected chi connectivity index (χ1v) is 12.4. The number of hydrogen-bond donors (Lipinski definition) is 1. The minimum Gasteiger partial charge on any atom is -0.444 e. The van der Waals surface area contributed by atoms with E-state index >= 15 is 0 Å². The van der Waals surface area contributed by atoms with Crippen molar-refractivity contribution in [2.75, 3.05) is 29.4 Å². The SMILES string of the molecule is O=C(NCCc1ccccc1)c1ccc(N2CCC(N3C(=O)OCc4ccccc43)CC2)c([N+](=O)[O-])c1. The zero-order chi connectivity index (χ0) is 25.8. The maximum atomic E-state index is 12.7. The van der Waals surface area contributed by atoms with E-state index in [1.807, 2.05) is 59.5 Å². The van der Waals surface area contributed by atoms with Gasteiger partial charge in [0.1, 0.15) is 12.3 Å². The Morgan fingerprint density at radius 3 is 2.49 bits per heavy atom. The molecule has 0 saturated carbocycles. The van der Waals surface area contributed by atoms with Gasteiger partial charge in [0.25, 0.3) is 11.6 Å². The molecule has 1 saturated heterocycles. The molecule has 0 aromatic heterocycles. The summed E-state index contributed by atoms with van der Waals surface area (Å²) in [6.07, 6.45) is 1.60. The van der Waals surface area contributed by atoms with E-state index in [0.717, 1.165) is 16.8 Å². The van der Waals surface area contributed by atoms with Crippen LogP contribution in [0.25, 0.3) is 0 Å². The van der Waals surface area contributed by atoms with Gasteiger partial charge in [0.15, 0.2) is 0 Å². The monoisotopic (exact) mass is 500 g/mol. The van der Waals surface area contributed by atoms with Crippen molar-refractivity contribution in [3.8, 4) is 0 Å². The summed E-state index contributed by atoms with van der Waals surface area (Å²) in [5, 5.41) is 14.8. The van der Waals surface area contributed by atoms with Gasteiger partial charge in [-0.1, -0.05) is 48.5 Å². The second kappa shape index (κ2) is 10.7. The van der Waals surface area contributed by atoms with E-state index in [0.29, 0.717) is 44.6 Å². The van der Waals surface area contributed by atoms with Gasteiger partial charge in [-0.25, -0.2) is 4.79 Å². The van der Waals surface area contributed by atoms with Crippen molar-refractivity contribution in [1.82, 2.24) is 5.32 Å². The number of nitrogens with one attached hydrogen (secondary N) is 1. The third-order valence-electron chi connectivity index (χ3n) is 6.95. The minimum absolute atomic E-state index is 0.0566. The molecule has 0 radical (unpaired) electrons. The van der Waals surface area contributed by atoms with Crippen molar-refractivity contribution >= 4 is 29.1 Å². The molecule has 190 valence electrons. The van der Waals surface area contributed by atoms with Gasteiger partial charge < -0.3 is 15.0 Å². The number of nitro groups is 1. The second-order valence-corrected chi connectivity index (χ2v) is 9.22. The highest BCUT2D eigenvalue weighted by atomic mass is 16.6. The number of nitro benzene ring substituents is 1. The maximum Gasteiger partial charge on any atom is 0.414 e. The predicted molar refractivity (Wildman–Crippen MR) is 140 cm³/mol. The van der Waals surface area contributed by atoms with Gasteiger partial charge in [0, 0.05) is 42.9 Å². The predicted octanol–water partition coefficient (Wildman–Crippen LogP) is 4.69. The van der Waals surface area contributed by atoms with E-state index < -0.39 is 4.92 Å². The molecule has 5 rings (SSSR count). The summed E-state index contributed by atoms with van der Waals surface area (Å²) >= 11 is 0. The lowest BCUT2D eigenvalue weighted by atomic mass is 9.99. The number of hydrogen-bond acceptors (Lipinski definition) is 6. The van der Waals surface area contributed by atoms with Crippen LogP contribution in [0.15, 0.2) is 72.8 Å². The zero-order valence-electron chi connectivity index (χ0n) is 20.3. The van der Waals surface area contributed by atoms with Crippen LogP contribution in [0.4, 0.5) is 21.9 Å². The Balaban J connectivity index is 1.25. The highest BCUT2D eigenvalue weighted by Crippen LogP contribution is 2.35. The summed E-state index contributed by atoms with van der Waals surface area (Å²) in [6.45, 7) is 1.79. The van der Waals surface area contributed by atoms with Crippen LogP contribution in [0.3, 0.4) is 0 Å². The number of carbonyl (C=O) groups excluding carboxylic acids is 2. The van der Waals surface area contributed by atoms with Gasteiger partial charge in [-0.05, 0) is 43.0 Å². The van der Waals surface area contributed by atoms with E-state index in [1.165, 1.54) is 6.07 Å². The summed E-state index contributed by atoms with van der Waals surface area (Å²) in [5.41, 5.74) is 3.58. The number of para-hydroxylation sites is 1. The standard InChI is InChI=1S/C28H28N4O5/c33-27(29-15-12-20-6-2-1-3-7-20)21-10-11-25(26(18-21)32(35)36)30-16-13-23(14-17-30)31-24-9-5-4-8-22(24)19-37-28(31)34/h1-11,18,23H,12-17,19H2,(H,29,33). The smallest absolute Gasteiger partial charge is 0.414 e. The van der Waals surface area contributed by atoms with Crippen LogP contribution in [-0.4, -0.2) is 42.6 Å². The molecule has 2 amide bonds. The molecule has 9 heteroatoms. The molecule has 2 aliphatic rings. The molecule has 0 spiro atoms. The van der Waals surface area contributed by atoms with Crippen LogP contribution in [0.2, 0.25) is 0 Å². The van der Waals surface area contributed by atoms with Gasteiger partial charge >= 0.3 is 6.09 Å². The first-order chi connectivity index (χ1) is 18.0. The molecule has 2 aliphatic heterocycles. The topological polar surface area (TPSA) is 105 Å². The Bertz CT molecular complexity index is 1300. The molecule has 3 aromatic carbocycles. The second-order valence-electron chi connectivity index (χ2n) is 9.22.